The summed E-state index contributed by atoms with van der Waals surface area (Å²) in [5.41, 5.74) is 2.37. The van der Waals surface area contributed by atoms with Crippen molar-refractivity contribution in [3.63, 3.8) is 0 Å². The minimum absolute atomic E-state index is 1.02. The number of thioether (sulfide) groups is 1. The van der Waals surface area contributed by atoms with Crippen LogP contribution in [0, 0.1) is 13.8 Å². The first-order valence-corrected chi connectivity index (χ1v) is 6.84. The van der Waals surface area contributed by atoms with Crippen molar-refractivity contribution in [3.8, 4) is 0 Å². The first kappa shape index (κ1) is 12.6. The fraction of sp³-hybridized carbons (Fsp3) is 0.727. The largest absolute Gasteiger partial charge is 0.316 e. The molecule has 0 unspecified atom stereocenters. The lowest BCUT2D eigenvalue weighted by molar-refractivity contribution is 0.539. The maximum absolute atomic E-state index is 4.43. The Morgan fingerprint density at radius 2 is 2.20 bits per heavy atom. The Morgan fingerprint density at radius 3 is 2.80 bits per heavy atom. The Balaban J connectivity index is 2.12. The van der Waals surface area contributed by atoms with Crippen molar-refractivity contribution in [2.24, 2.45) is 0 Å². The normalized spacial score (nSPS) is 10.9. The van der Waals surface area contributed by atoms with Crippen LogP contribution in [0.3, 0.4) is 0 Å². The average Bonchev–Trinajstić information content (AvgIpc) is 2.51. The summed E-state index contributed by atoms with van der Waals surface area (Å²) in [7, 11) is 0. The smallest absolute Gasteiger partial charge is 0.0596 e. The third-order valence-corrected chi connectivity index (χ3v) is 2.92. The summed E-state index contributed by atoms with van der Waals surface area (Å²) in [6, 6.07) is 2.13. The molecule has 0 saturated heterocycles. The van der Waals surface area contributed by atoms with Crippen LogP contribution in [0.5, 0.6) is 0 Å². The number of hydrogen-bond acceptors (Lipinski definition) is 3. The second-order valence-corrected chi connectivity index (χ2v) is 4.73. The molecule has 0 aliphatic carbocycles. The van der Waals surface area contributed by atoms with Gasteiger partial charge in [0.05, 0.1) is 5.69 Å². The van der Waals surface area contributed by atoms with Crippen molar-refractivity contribution in [2.45, 2.75) is 26.8 Å². The molecule has 1 heterocycles. The molecule has 0 bridgehead atoms. The molecule has 0 amide bonds. The minimum atomic E-state index is 1.02. The van der Waals surface area contributed by atoms with Gasteiger partial charge < -0.3 is 5.32 Å². The number of nitrogens with zero attached hydrogens (tertiary/aromatic N) is 2. The maximum Gasteiger partial charge on any atom is 0.0596 e. The van der Waals surface area contributed by atoms with Gasteiger partial charge in [0.1, 0.15) is 0 Å². The lowest BCUT2D eigenvalue weighted by Gasteiger charge is -2.05. The highest BCUT2D eigenvalue weighted by Gasteiger charge is 1.99. The van der Waals surface area contributed by atoms with Gasteiger partial charge in [0.15, 0.2) is 0 Å². The third-order valence-electron chi connectivity index (χ3n) is 2.31. The number of nitrogens with one attached hydrogen (secondary N) is 1. The second kappa shape index (κ2) is 6.90. The zero-order valence-corrected chi connectivity index (χ0v) is 10.7. The van der Waals surface area contributed by atoms with E-state index >= 15 is 0 Å². The fourth-order valence-electron chi connectivity index (χ4n) is 1.55. The highest BCUT2D eigenvalue weighted by atomic mass is 32.2. The number of aromatic nitrogens is 2. The predicted molar refractivity (Wildman–Crippen MR) is 67.6 cm³/mol. The van der Waals surface area contributed by atoms with Crippen molar-refractivity contribution >= 4 is 11.8 Å². The Bertz CT molecular complexity index is 283. The van der Waals surface area contributed by atoms with Crippen LogP contribution in [0.4, 0.5) is 0 Å². The summed E-state index contributed by atoms with van der Waals surface area (Å²) >= 11 is 1.88. The quantitative estimate of drug-likeness (QED) is 0.721. The van der Waals surface area contributed by atoms with Crippen molar-refractivity contribution in [2.75, 3.05) is 25.1 Å². The Morgan fingerprint density at radius 1 is 1.40 bits per heavy atom. The monoisotopic (exact) mass is 227 g/mol. The SMILES string of the molecule is CSCCNCCCn1nc(C)cc1C. The van der Waals surface area contributed by atoms with Crippen LogP contribution >= 0.6 is 11.8 Å². The molecule has 1 aromatic rings. The van der Waals surface area contributed by atoms with Crippen LogP contribution in [0.2, 0.25) is 0 Å². The van der Waals surface area contributed by atoms with Gasteiger partial charge in [-0.1, -0.05) is 0 Å². The van der Waals surface area contributed by atoms with E-state index in [9.17, 15) is 0 Å². The van der Waals surface area contributed by atoms with Crippen LogP contribution in [-0.4, -0.2) is 34.9 Å². The topological polar surface area (TPSA) is 29.9 Å². The summed E-state index contributed by atoms with van der Waals surface area (Å²) in [6.07, 6.45) is 3.29. The molecule has 0 saturated carbocycles. The molecule has 0 radical (unpaired) electrons. The van der Waals surface area contributed by atoms with Gasteiger partial charge in [-0.25, -0.2) is 0 Å². The molecule has 1 aromatic heterocycles. The van der Waals surface area contributed by atoms with Gasteiger partial charge in [-0.15, -0.1) is 0 Å². The van der Waals surface area contributed by atoms with E-state index in [0.29, 0.717) is 0 Å². The van der Waals surface area contributed by atoms with Crippen molar-refractivity contribution in [3.05, 3.63) is 17.5 Å². The molecule has 0 atom stereocenters. The fourth-order valence-corrected chi connectivity index (χ4v) is 1.90. The van der Waals surface area contributed by atoms with Crippen LogP contribution in [-0.2, 0) is 6.54 Å². The first-order valence-electron chi connectivity index (χ1n) is 5.44. The summed E-state index contributed by atoms with van der Waals surface area (Å²) in [5.74, 6) is 1.19. The molecule has 3 nitrogen and oxygen atoms in total. The Hall–Kier alpha value is -0.480. The van der Waals surface area contributed by atoms with Crippen LogP contribution in [0.25, 0.3) is 0 Å². The van der Waals surface area contributed by atoms with Gasteiger partial charge in [-0.2, -0.15) is 16.9 Å². The van der Waals surface area contributed by atoms with Crippen LogP contribution in [0.15, 0.2) is 6.07 Å². The van der Waals surface area contributed by atoms with E-state index in [2.05, 4.69) is 34.3 Å². The van der Waals surface area contributed by atoms with Crippen molar-refractivity contribution < 1.29 is 0 Å². The van der Waals surface area contributed by atoms with E-state index in [0.717, 1.165) is 31.7 Å². The van der Waals surface area contributed by atoms with Crippen molar-refractivity contribution in [1.29, 1.82) is 0 Å². The average molecular weight is 227 g/mol. The molecule has 0 fully saturated rings. The number of rotatable bonds is 7. The maximum atomic E-state index is 4.43. The van der Waals surface area contributed by atoms with Crippen LogP contribution in [0.1, 0.15) is 17.8 Å². The molecule has 86 valence electrons. The molecular formula is C11H21N3S. The zero-order chi connectivity index (χ0) is 11.1. The summed E-state index contributed by atoms with van der Waals surface area (Å²) < 4.78 is 2.09. The predicted octanol–water partition coefficient (Wildman–Crippen LogP) is 1.84. The summed E-state index contributed by atoms with van der Waals surface area (Å²) in [5, 5.41) is 7.85. The lowest BCUT2D eigenvalue weighted by Crippen LogP contribution is -2.20. The third kappa shape index (κ3) is 4.71. The summed E-state index contributed by atoms with van der Waals surface area (Å²) in [4.78, 5) is 0. The van der Waals surface area contributed by atoms with Crippen LogP contribution < -0.4 is 5.32 Å². The van der Waals surface area contributed by atoms with Crippen molar-refractivity contribution in [1.82, 2.24) is 15.1 Å². The molecule has 4 heteroatoms. The van der Waals surface area contributed by atoms with Gasteiger partial charge in [0.25, 0.3) is 0 Å². The van der Waals surface area contributed by atoms with Gasteiger partial charge in [-0.3, -0.25) is 4.68 Å². The molecule has 0 aliphatic heterocycles. The van der Waals surface area contributed by atoms with E-state index in [4.69, 9.17) is 0 Å². The number of hydrogen-bond donors (Lipinski definition) is 1. The number of aryl methyl sites for hydroxylation is 3. The standard InChI is InChI=1S/C11H21N3S/c1-10-9-11(2)14(13-10)7-4-5-12-6-8-15-3/h9,12H,4-8H2,1-3H3. The molecule has 1 N–H and O–H groups in total. The van der Waals surface area contributed by atoms with Gasteiger partial charge >= 0.3 is 0 Å². The zero-order valence-electron chi connectivity index (χ0n) is 9.92. The van der Waals surface area contributed by atoms with E-state index < -0.39 is 0 Å². The molecule has 0 aromatic carbocycles. The molecule has 0 aliphatic rings. The second-order valence-electron chi connectivity index (χ2n) is 3.75. The highest BCUT2D eigenvalue weighted by Crippen LogP contribution is 2.02. The Labute approximate surface area is 96.6 Å². The Kier molecular flexibility index (Phi) is 5.79. The van der Waals surface area contributed by atoms with Gasteiger partial charge in [0, 0.05) is 24.5 Å². The molecular weight excluding hydrogens is 206 g/mol. The molecule has 0 spiro atoms. The van der Waals surface area contributed by atoms with E-state index in [-0.39, 0.29) is 0 Å². The van der Waals surface area contributed by atoms with Gasteiger partial charge in [-0.05, 0) is 39.1 Å². The molecule has 15 heavy (non-hydrogen) atoms. The highest BCUT2D eigenvalue weighted by molar-refractivity contribution is 7.98. The summed E-state index contributed by atoms with van der Waals surface area (Å²) in [6.45, 7) is 7.37. The van der Waals surface area contributed by atoms with E-state index in [1.165, 1.54) is 11.4 Å². The molecule has 1 rings (SSSR count). The minimum Gasteiger partial charge on any atom is -0.316 e. The lowest BCUT2D eigenvalue weighted by atomic mass is 10.4. The van der Waals surface area contributed by atoms with Gasteiger partial charge in [0.2, 0.25) is 0 Å². The van der Waals surface area contributed by atoms with E-state index in [1.54, 1.807) is 0 Å². The van der Waals surface area contributed by atoms with E-state index in [1.807, 2.05) is 18.7 Å². The first-order chi connectivity index (χ1) is 7.24.